The molecule has 20 heavy (non-hydrogen) atoms. The lowest BCUT2D eigenvalue weighted by molar-refractivity contribution is 0.184. The zero-order chi connectivity index (χ0) is 14.4. The first-order chi connectivity index (χ1) is 9.70. The fraction of sp³-hybridized carbons (Fsp3) is 0.333. The molecule has 0 fully saturated rings. The molecule has 2 aromatic rings. The zero-order valence-electron chi connectivity index (χ0n) is 12.5. The summed E-state index contributed by atoms with van der Waals surface area (Å²) in [5.41, 5.74) is 5.18. The van der Waals surface area contributed by atoms with E-state index < -0.39 is 0 Å². The van der Waals surface area contributed by atoms with E-state index in [1.165, 1.54) is 22.3 Å². The highest BCUT2D eigenvalue weighted by Gasteiger charge is 2.07. The molecule has 2 rings (SSSR count). The molecule has 0 heterocycles. The first-order valence-corrected chi connectivity index (χ1v) is 7.06. The van der Waals surface area contributed by atoms with Crippen LogP contribution in [-0.4, -0.2) is 7.11 Å². The third kappa shape index (κ3) is 3.92. The molecule has 0 unspecified atom stereocenters. The predicted octanol–water partition coefficient (Wildman–Crippen LogP) is 3.99. The largest absolute Gasteiger partial charge is 0.380 e. The fourth-order valence-electron chi connectivity index (χ4n) is 2.35. The molecule has 0 radical (unpaired) electrons. The van der Waals surface area contributed by atoms with Gasteiger partial charge in [-0.25, -0.2) is 0 Å². The maximum atomic E-state index is 5.25. The van der Waals surface area contributed by atoms with E-state index >= 15 is 0 Å². The summed E-state index contributed by atoms with van der Waals surface area (Å²) in [5, 5.41) is 3.59. The average molecular weight is 269 g/mol. The maximum Gasteiger partial charge on any atom is 0.0716 e. The molecule has 0 spiro atoms. The molecule has 2 nitrogen and oxygen atoms in total. The number of methoxy groups -OCH3 is 1. The number of hydrogen-bond acceptors (Lipinski definition) is 2. The number of aryl methyl sites for hydroxylation is 1. The van der Waals surface area contributed by atoms with E-state index in [4.69, 9.17) is 4.74 Å². The van der Waals surface area contributed by atoms with E-state index in [1.807, 2.05) is 0 Å². The van der Waals surface area contributed by atoms with Gasteiger partial charge in [0.1, 0.15) is 0 Å². The Hall–Kier alpha value is -1.64. The minimum absolute atomic E-state index is 0.338. The Kier molecular flexibility index (Phi) is 5.33. The molecule has 0 aromatic heterocycles. The summed E-state index contributed by atoms with van der Waals surface area (Å²) in [4.78, 5) is 0. The van der Waals surface area contributed by atoms with Gasteiger partial charge in [-0.2, -0.15) is 0 Å². The van der Waals surface area contributed by atoms with Crippen LogP contribution >= 0.6 is 0 Å². The Bertz CT molecular complexity index is 551. The van der Waals surface area contributed by atoms with Crippen LogP contribution in [0.25, 0.3) is 0 Å². The summed E-state index contributed by atoms with van der Waals surface area (Å²) >= 11 is 0. The Morgan fingerprint density at radius 1 is 1.05 bits per heavy atom. The van der Waals surface area contributed by atoms with Gasteiger partial charge < -0.3 is 10.1 Å². The average Bonchev–Trinajstić information content (AvgIpc) is 2.46. The van der Waals surface area contributed by atoms with E-state index in [-0.39, 0.29) is 0 Å². The van der Waals surface area contributed by atoms with Crippen LogP contribution in [0.4, 0.5) is 0 Å². The molecule has 0 aliphatic carbocycles. The number of rotatable bonds is 6. The smallest absolute Gasteiger partial charge is 0.0716 e. The lowest BCUT2D eigenvalue weighted by Crippen LogP contribution is -2.19. The third-order valence-electron chi connectivity index (χ3n) is 3.56. The summed E-state index contributed by atoms with van der Waals surface area (Å²) < 4.78 is 5.25. The van der Waals surface area contributed by atoms with Gasteiger partial charge in [-0.3, -0.25) is 0 Å². The van der Waals surface area contributed by atoms with E-state index in [0.717, 1.165) is 6.54 Å². The summed E-state index contributed by atoms with van der Waals surface area (Å²) in [6.07, 6.45) is 0. The van der Waals surface area contributed by atoms with Gasteiger partial charge in [-0.05, 0) is 30.5 Å². The van der Waals surface area contributed by atoms with Crippen LogP contribution < -0.4 is 5.32 Å². The van der Waals surface area contributed by atoms with Crippen molar-refractivity contribution >= 4 is 0 Å². The first-order valence-electron chi connectivity index (χ1n) is 7.06. The summed E-state index contributed by atoms with van der Waals surface area (Å²) in [7, 11) is 1.74. The van der Waals surface area contributed by atoms with Gasteiger partial charge in [0.25, 0.3) is 0 Å². The number of benzene rings is 2. The SMILES string of the molecule is COCc1ccccc1CN[C@H](C)c1cccc(C)c1. The number of ether oxygens (including phenoxy) is 1. The highest BCUT2D eigenvalue weighted by atomic mass is 16.5. The topological polar surface area (TPSA) is 21.3 Å². The highest BCUT2D eigenvalue weighted by molar-refractivity contribution is 5.28. The van der Waals surface area contributed by atoms with Crippen LogP contribution in [0.2, 0.25) is 0 Å². The summed E-state index contributed by atoms with van der Waals surface area (Å²) in [5.74, 6) is 0. The van der Waals surface area contributed by atoms with Crippen molar-refractivity contribution in [3.05, 3.63) is 70.8 Å². The van der Waals surface area contributed by atoms with Crippen molar-refractivity contribution in [2.45, 2.75) is 33.0 Å². The second-order valence-corrected chi connectivity index (χ2v) is 5.22. The molecule has 1 atom stereocenters. The van der Waals surface area contributed by atoms with Crippen molar-refractivity contribution in [1.29, 1.82) is 0 Å². The van der Waals surface area contributed by atoms with Gasteiger partial charge in [-0.1, -0.05) is 54.1 Å². The molecular formula is C18H23NO. The van der Waals surface area contributed by atoms with Crippen LogP contribution in [0.3, 0.4) is 0 Å². The minimum Gasteiger partial charge on any atom is -0.380 e. The Balaban J connectivity index is 2.01. The minimum atomic E-state index is 0.338. The quantitative estimate of drug-likeness (QED) is 0.856. The lowest BCUT2D eigenvalue weighted by Gasteiger charge is -2.16. The molecule has 0 saturated heterocycles. The molecule has 0 aliphatic heterocycles. The van der Waals surface area contributed by atoms with Gasteiger partial charge >= 0.3 is 0 Å². The third-order valence-corrected chi connectivity index (χ3v) is 3.56. The molecule has 1 N–H and O–H groups in total. The molecule has 2 aromatic carbocycles. The molecule has 0 saturated carbocycles. The van der Waals surface area contributed by atoms with E-state index in [0.29, 0.717) is 12.6 Å². The molecule has 106 valence electrons. The van der Waals surface area contributed by atoms with Crippen molar-refractivity contribution in [2.75, 3.05) is 7.11 Å². The highest BCUT2D eigenvalue weighted by Crippen LogP contribution is 2.16. The van der Waals surface area contributed by atoms with Crippen LogP contribution in [0.1, 0.15) is 35.2 Å². The Morgan fingerprint density at radius 3 is 2.50 bits per heavy atom. The predicted molar refractivity (Wildman–Crippen MR) is 83.6 cm³/mol. The molecule has 0 bridgehead atoms. The standard InChI is InChI=1S/C18H23NO/c1-14-7-6-10-16(11-14)15(2)19-12-17-8-4-5-9-18(17)13-20-3/h4-11,15,19H,12-13H2,1-3H3/t15-/m1/s1. The van der Waals surface area contributed by atoms with Crippen molar-refractivity contribution in [1.82, 2.24) is 5.32 Å². The number of nitrogens with one attached hydrogen (secondary N) is 1. The fourth-order valence-corrected chi connectivity index (χ4v) is 2.35. The Morgan fingerprint density at radius 2 is 1.80 bits per heavy atom. The van der Waals surface area contributed by atoms with E-state index in [9.17, 15) is 0 Å². The van der Waals surface area contributed by atoms with Crippen molar-refractivity contribution in [3.8, 4) is 0 Å². The molecular weight excluding hydrogens is 246 g/mol. The lowest BCUT2D eigenvalue weighted by atomic mass is 10.0. The first kappa shape index (κ1) is 14.8. The van der Waals surface area contributed by atoms with E-state index in [1.54, 1.807) is 7.11 Å². The van der Waals surface area contributed by atoms with Crippen LogP contribution in [0.5, 0.6) is 0 Å². The van der Waals surface area contributed by atoms with Crippen LogP contribution in [-0.2, 0) is 17.9 Å². The van der Waals surface area contributed by atoms with Crippen molar-refractivity contribution < 1.29 is 4.74 Å². The van der Waals surface area contributed by atoms with Crippen LogP contribution in [0, 0.1) is 6.92 Å². The normalized spacial score (nSPS) is 12.3. The number of hydrogen-bond donors (Lipinski definition) is 1. The van der Waals surface area contributed by atoms with Crippen LogP contribution in [0.15, 0.2) is 48.5 Å². The van der Waals surface area contributed by atoms with Gasteiger partial charge in [0, 0.05) is 19.7 Å². The molecule has 0 amide bonds. The monoisotopic (exact) mass is 269 g/mol. The zero-order valence-corrected chi connectivity index (χ0v) is 12.5. The van der Waals surface area contributed by atoms with Crippen molar-refractivity contribution in [2.24, 2.45) is 0 Å². The second-order valence-electron chi connectivity index (χ2n) is 5.22. The summed E-state index contributed by atoms with van der Waals surface area (Å²) in [6.45, 7) is 5.85. The van der Waals surface area contributed by atoms with Gasteiger partial charge in [-0.15, -0.1) is 0 Å². The second kappa shape index (κ2) is 7.22. The van der Waals surface area contributed by atoms with Gasteiger partial charge in [0.05, 0.1) is 6.61 Å². The van der Waals surface area contributed by atoms with Gasteiger partial charge in [0.2, 0.25) is 0 Å². The molecule has 0 aliphatic rings. The van der Waals surface area contributed by atoms with Crippen molar-refractivity contribution in [3.63, 3.8) is 0 Å². The molecule has 2 heteroatoms. The maximum absolute atomic E-state index is 5.25. The van der Waals surface area contributed by atoms with Gasteiger partial charge in [0.15, 0.2) is 0 Å². The Labute approximate surface area is 121 Å². The van der Waals surface area contributed by atoms with E-state index in [2.05, 4.69) is 67.7 Å². The summed E-state index contributed by atoms with van der Waals surface area (Å²) in [6, 6.07) is 17.4.